The van der Waals surface area contributed by atoms with Gasteiger partial charge in [-0.2, -0.15) is 0 Å². The van der Waals surface area contributed by atoms with Gasteiger partial charge in [0.1, 0.15) is 0 Å². The fourth-order valence-electron chi connectivity index (χ4n) is 1.50. The molecule has 0 radical (unpaired) electrons. The number of nitrogens with zero attached hydrogens (tertiary/aromatic N) is 2. The molecule has 0 spiro atoms. The predicted octanol–water partition coefficient (Wildman–Crippen LogP) is 1.73. The van der Waals surface area contributed by atoms with E-state index in [1.54, 1.807) is 24.3 Å². The molecule has 1 aromatic heterocycles. The van der Waals surface area contributed by atoms with Crippen LogP contribution in [-0.4, -0.2) is 28.4 Å². The van der Waals surface area contributed by atoms with E-state index in [-0.39, 0.29) is 23.9 Å². The van der Waals surface area contributed by atoms with Gasteiger partial charge in [-0.1, -0.05) is 16.1 Å². The number of hydrogen-bond acceptors (Lipinski definition) is 5. The molecular weight excluding hydrogens is 300 g/mol. The van der Waals surface area contributed by atoms with E-state index in [0.29, 0.717) is 15.6 Å². The van der Waals surface area contributed by atoms with Gasteiger partial charge in [0.05, 0.1) is 11.3 Å². The van der Waals surface area contributed by atoms with E-state index in [2.05, 4.69) is 20.2 Å². The Labute approximate surface area is 124 Å². The van der Waals surface area contributed by atoms with E-state index in [1.165, 1.54) is 7.05 Å². The van der Waals surface area contributed by atoms with Gasteiger partial charge in [-0.3, -0.25) is 9.59 Å². The zero-order chi connectivity index (χ0) is 14.5. The lowest BCUT2D eigenvalue weighted by molar-refractivity contribution is -0.115. The molecule has 0 bridgehead atoms. The molecular formula is C12H11ClN4O2S. The van der Waals surface area contributed by atoms with Gasteiger partial charge in [-0.05, 0) is 35.8 Å². The minimum Gasteiger partial charge on any atom is -0.354 e. The van der Waals surface area contributed by atoms with Crippen molar-refractivity contribution in [1.82, 2.24) is 14.9 Å². The van der Waals surface area contributed by atoms with Crippen LogP contribution < -0.4 is 10.6 Å². The molecule has 1 heterocycles. The maximum absolute atomic E-state index is 11.9. The molecule has 2 aromatic rings. The number of rotatable bonds is 4. The Balaban J connectivity index is 2.03. The molecule has 2 N–H and O–H groups in total. The second-order valence-electron chi connectivity index (χ2n) is 3.86. The van der Waals surface area contributed by atoms with Crippen LogP contribution in [0.1, 0.15) is 15.4 Å². The third-order valence-corrected chi connectivity index (χ3v) is 3.42. The Morgan fingerprint density at radius 3 is 2.65 bits per heavy atom. The molecule has 0 aliphatic heterocycles. The highest BCUT2D eigenvalue weighted by Crippen LogP contribution is 2.15. The zero-order valence-electron chi connectivity index (χ0n) is 10.5. The fraction of sp³-hybridized carbons (Fsp3) is 0.167. The van der Waals surface area contributed by atoms with Crippen LogP contribution in [0.5, 0.6) is 0 Å². The van der Waals surface area contributed by atoms with Crippen LogP contribution in [0.2, 0.25) is 5.02 Å². The summed E-state index contributed by atoms with van der Waals surface area (Å²) in [5.41, 5.74) is 0.821. The average molecular weight is 311 g/mol. The van der Waals surface area contributed by atoms with Crippen molar-refractivity contribution in [2.24, 2.45) is 0 Å². The molecule has 1 aromatic carbocycles. The molecule has 0 aliphatic carbocycles. The van der Waals surface area contributed by atoms with E-state index < -0.39 is 0 Å². The van der Waals surface area contributed by atoms with Gasteiger partial charge < -0.3 is 10.6 Å². The fourth-order valence-corrected chi connectivity index (χ4v) is 2.26. The number of benzene rings is 1. The van der Waals surface area contributed by atoms with Gasteiger partial charge in [0, 0.05) is 17.8 Å². The molecule has 2 amide bonds. The standard InChI is InChI=1S/C12H11ClN4O2S/c1-14-12(19)11-9(20-17-16-11)6-10(18)15-8-4-2-7(13)3-5-8/h2-5H,6H2,1H3,(H,14,19)(H,15,18). The summed E-state index contributed by atoms with van der Waals surface area (Å²) in [5, 5.41) is 9.48. The van der Waals surface area contributed by atoms with Crippen molar-refractivity contribution in [2.75, 3.05) is 12.4 Å². The first-order valence-electron chi connectivity index (χ1n) is 5.69. The normalized spacial score (nSPS) is 10.1. The maximum Gasteiger partial charge on any atom is 0.272 e. The summed E-state index contributed by atoms with van der Waals surface area (Å²) >= 11 is 6.79. The minimum atomic E-state index is -0.354. The number of carbonyl (C=O) groups excluding carboxylic acids is 2. The predicted molar refractivity (Wildman–Crippen MR) is 77.1 cm³/mol. The Kier molecular flexibility index (Phi) is 4.65. The first kappa shape index (κ1) is 14.4. The Morgan fingerprint density at radius 2 is 2.00 bits per heavy atom. The van der Waals surface area contributed by atoms with E-state index in [9.17, 15) is 9.59 Å². The van der Waals surface area contributed by atoms with Crippen molar-refractivity contribution in [3.63, 3.8) is 0 Å². The van der Waals surface area contributed by atoms with Gasteiger partial charge in [-0.25, -0.2) is 0 Å². The number of aromatic nitrogens is 2. The summed E-state index contributed by atoms with van der Waals surface area (Å²) in [6.07, 6.45) is 0.0447. The van der Waals surface area contributed by atoms with Crippen molar-refractivity contribution in [1.29, 1.82) is 0 Å². The number of hydrogen-bond donors (Lipinski definition) is 2. The Bertz CT molecular complexity index is 627. The molecule has 0 saturated heterocycles. The second-order valence-corrected chi connectivity index (χ2v) is 5.13. The smallest absolute Gasteiger partial charge is 0.272 e. The summed E-state index contributed by atoms with van der Waals surface area (Å²) in [6.45, 7) is 0. The molecule has 8 heteroatoms. The lowest BCUT2D eigenvalue weighted by atomic mass is 10.2. The first-order valence-corrected chi connectivity index (χ1v) is 6.84. The van der Waals surface area contributed by atoms with Crippen LogP contribution in [0.15, 0.2) is 24.3 Å². The van der Waals surface area contributed by atoms with Gasteiger partial charge >= 0.3 is 0 Å². The molecule has 6 nitrogen and oxygen atoms in total. The van der Waals surface area contributed by atoms with Crippen molar-refractivity contribution in [3.05, 3.63) is 39.9 Å². The second kappa shape index (κ2) is 6.44. The van der Waals surface area contributed by atoms with Crippen LogP contribution in [0, 0.1) is 0 Å². The SMILES string of the molecule is CNC(=O)c1nnsc1CC(=O)Nc1ccc(Cl)cc1. The van der Waals surface area contributed by atoms with Gasteiger partial charge in [-0.15, -0.1) is 5.10 Å². The molecule has 0 saturated carbocycles. The van der Waals surface area contributed by atoms with Crippen molar-refractivity contribution >= 4 is 40.6 Å². The topological polar surface area (TPSA) is 84.0 Å². The monoisotopic (exact) mass is 310 g/mol. The van der Waals surface area contributed by atoms with E-state index in [1.807, 2.05) is 0 Å². The van der Waals surface area contributed by atoms with Crippen molar-refractivity contribution in [3.8, 4) is 0 Å². The summed E-state index contributed by atoms with van der Waals surface area (Å²) in [4.78, 5) is 23.9. The lowest BCUT2D eigenvalue weighted by Gasteiger charge is -2.04. The van der Waals surface area contributed by atoms with E-state index in [4.69, 9.17) is 11.6 Å². The maximum atomic E-state index is 11.9. The Hall–Kier alpha value is -1.99. The quantitative estimate of drug-likeness (QED) is 0.901. The number of carbonyl (C=O) groups is 2. The summed E-state index contributed by atoms with van der Waals surface area (Å²) < 4.78 is 3.70. The number of amides is 2. The van der Waals surface area contributed by atoms with Crippen molar-refractivity contribution in [2.45, 2.75) is 6.42 Å². The highest BCUT2D eigenvalue weighted by atomic mass is 35.5. The third-order valence-electron chi connectivity index (χ3n) is 2.45. The van der Waals surface area contributed by atoms with Crippen LogP contribution in [-0.2, 0) is 11.2 Å². The molecule has 0 fully saturated rings. The van der Waals surface area contributed by atoms with Crippen LogP contribution >= 0.6 is 23.1 Å². The summed E-state index contributed by atoms with van der Waals surface area (Å²) in [7, 11) is 1.50. The van der Waals surface area contributed by atoms with Crippen LogP contribution in [0.3, 0.4) is 0 Å². The minimum absolute atomic E-state index is 0.0447. The average Bonchev–Trinajstić information content (AvgIpc) is 2.88. The van der Waals surface area contributed by atoms with Crippen LogP contribution in [0.25, 0.3) is 0 Å². The zero-order valence-corrected chi connectivity index (χ0v) is 12.1. The summed E-state index contributed by atoms with van der Waals surface area (Å²) in [6, 6.07) is 6.76. The largest absolute Gasteiger partial charge is 0.354 e. The van der Waals surface area contributed by atoms with Gasteiger partial charge in [0.2, 0.25) is 5.91 Å². The van der Waals surface area contributed by atoms with Crippen LogP contribution in [0.4, 0.5) is 5.69 Å². The molecule has 0 aliphatic rings. The molecule has 20 heavy (non-hydrogen) atoms. The number of anilines is 1. The molecule has 2 rings (SSSR count). The molecule has 104 valence electrons. The van der Waals surface area contributed by atoms with Gasteiger partial charge in [0.15, 0.2) is 5.69 Å². The van der Waals surface area contributed by atoms with E-state index >= 15 is 0 Å². The van der Waals surface area contributed by atoms with Gasteiger partial charge in [0.25, 0.3) is 5.91 Å². The van der Waals surface area contributed by atoms with Crippen molar-refractivity contribution < 1.29 is 9.59 Å². The highest BCUT2D eigenvalue weighted by Gasteiger charge is 2.17. The summed E-state index contributed by atoms with van der Waals surface area (Å²) in [5.74, 6) is -0.600. The molecule has 0 atom stereocenters. The highest BCUT2D eigenvalue weighted by molar-refractivity contribution is 7.06. The van der Waals surface area contributed by atoms with E-state index in [0.717, 1.165) is 11.5 Å². The third kappa shape index (κ3) is 3.52. The lowest BCUT2D eigenvalue weighted by Crippen LogP contribution is -2.21. The first-order chi connectivity index (χ1) is 9.60. The Morgan fingerprint density at radius 1 is 1.30 bits per heavy atom. The molecule has 0 unspecified atom stereocenters. The number of halogens is 1. The number of nitrogens with one attached hydrogen (secondary N) is 2.